The van der Waals surface area contributed by atoms with Crippen LogP contribution in [0.4, 0.5) is 17.2 Å². The first-order chi connectivity index (χ1) is 9.22. The number of aromatic amines is 1. The van der Waals surface area contributed by atoms with E-state index in [0.717, 1.165) is 16.6 Å². The number of hydrogen-bond acceptors (Lipinski definition) is 5. The third-order valence-electron chi connectivity index (χ3n) is 2.67. The number of aromatic nitrogens is 3. The third-order valence-corrected chi connectivity index (χ3v) is 2.67. The smallest absolute Gasteiger partial charge is 0.287 e. The molecule has 0 aliphatic rings. The van der Waals surface area contributed by atoms with Crippen LogP contribution in [0, 0.1) is 10.1 Å². The fourth-order valence-electron chi connectivity index (χ4n) is 1.73. The van der Waals surface area contributed by atoms with Gasteiger partial charge in [0.15, 0.2) is 0 Å². The molecule has 0 bridgehead atoms. The van der Waals surface area contributed by atoms with Gasteiger partial charge in [-0.2, -0.15) is 5.10 Å². The summed E-state index contributed by atoms with van der Waals surface area (Å²) in [5.41, 5.74) is 1.71. The molecule has 3 rings (SSSR count). The minimum absolute atomic E-state index is 0.0328. The van der Waals surface area contributed by atoms with E-state index in [0.29, 0.717) is 5.82 Å². The normalized spacial score (nSPS) is 10.5. The molecule has 2 aromatic heterocycles. The summed E-state index contributed by atoms with van der Waals surface area (Å²) in [5, 5.41) is 21.4. The van der Waals surface area contributed by atoms with Crippen molar-refractivity contribution >= 4 is 28.1 Å². The average Bonchev–Trinajstić information content (AvgIpc) is 2.87. The molecule has 0 atom stereocenters. The van der Waals surface area contributed by atoms with Crippen LogP contribution >= 0.6 is 0 Å². The maximum absolute atomic E-state index is 10.5. The van der Waals surface area contributed by atoms with Gasteiger partial charge in [-0.15, -0.1) is 0 Å². The number of nitrogens with one attached hydrogen (secondary N) is 2. The van der Waals surface area contributed by atoms with E-state index in [1.165, 1.54) is 12.3 Å². The second-order valence-corrected chi connectivity index (χ2v) is 3.96. The second-order valence-electron chi connectivity index (χ2n) is 3.96. The third kappa shape index (κ3) is 2.21. The van der Waals surface area contributed by atoms with Crippen molar-refractivity contribution in [1.82, 2.24) is 15.2 Å². The molecular formula is C12H9N5O2. The Morgan fingerprint density at radius 3 is 2.84 bits per heavy atom. The number of nitro groups is 1. The Hall–Kier alpha value is -2.96. The minimum atomic E-state index is -0.479. The average molecular weight is 255 g/mol. The maximum Gasteiger partial charge on any atom is 0.287 e. The van der Waals surface area contributed by atoms with E-state index < -0.39 is 4.92 Å². The minimum Gasteiger partial charge on any atom is -0.340 e. The molecule has 2 N–H and O–H groups in total. The molecule has 0 spiro atoms. The van der Waals surface area contributed by atoms with Gasteiger partial charge in [-0.05, 0) is 24.3 Å². The molecular weight excluding hydrogens is 246 g/mol. The van der Waals surface area contributed by atoms with Gasteiger partial charge in [0, 0.05) is 17.1 Å². The van der Waals surface area contributed by atoms with Gasteiger partial charge in [-0.3, -0.25) is 15.2 Å². The quantitative estimate of drug-likeness (QED) is 0.553. The van der Waals surface area contributed by atoms with Gasteiger partial charge < -0.3 is 5.32 Å². The molecule has 0 aliphatic heterocycles. The van der Waals surface area contributed by atoms with Crippen molar-refractivity contribution in [3.63, 3.8) is 0 Å². The molecule has 7 heteroatoms. The van der Waals surface area contributed by atoms with Crippen molar-refractivity contribution in [3.05, 3.63) is 52.8 Å². The Labute approximate surface area is 107 Å². The van der Waals surface area contributed by atoms with Crippen LogP contribution in [-0.4, -0.2) is 20.1 Å². The lowest BCUT2D eigenvalue weighted by atomic mass is 10.2. The molecule has 0 saturated heterocycles. The predicted octanol–water partition coefficient (Wildman–Crippen LogP) is 2.61. The highest BCUT2D eigenvalue weighted by molar-refractivity contribution is 5.82. The zero-order chi connectivity index (χ0) is 13.2. The van der Waals surface area contributed by atoms with Gasteiger partial charge in [0.25, 0.3) is 5.69 Å². The van der Waals surface area contributed by atoms with Crippen molar-refractivity contribution in [2.24, 2.45) is 0 Å². The lowest BCUT2D eigenvalue weighted by Crippen LogP contribution is -1.95. The van der Waals surface area contributed by atoms with Crippen molar-refractivity contribution in [1.29, 1.82) is 0 Å². The van der Waals surface area contributed by atoms with Gasteiger partial charge in [0.05, 0.1) is 16.6 Å². The van der Waals surface area contributed by atoms with Crippen molar-refractivity contribution < 1.29 is 4.92 Å². The molecule has 2 heterocycles. The highest BCUT2D eigenvalue weighted by Crippen LogP contribution is 2.20. The van der Waals surface area contributed by atoms with Crippen molar-refractivity contribution in [3.8, 4) is 0 Å². The molecule has 94 valence electrons. The largest absolute Gasteiger partial charge is 0.340 e. The molecule has 1 aromatic carbocycles. The Kier molecular flexibility index (Phi) is 2.57. The summed E-state index contributed by atoms with van der Waals surface area (Å²) in [7, 11) is 0. The molecule has 3 aromatic rings. The zero-order valence-corrected chi connectivity index (χ0v) is 9.70. The van der Waals surface area contributed by atoms with Crippen molar-refractivity contribution in [2.75, 3.05) is 5.32 Å². The first kappa shape index (κ1) is 11.1. The summed E-state index contributed by atoms with van der Waals surface area (Å²) in [6, 6.07) is 8.68. The highest BCUT2D eigenvalue weighted by Gasteiger charge is 2.05. The molecule has 0 fully saturated rings. The summed E-state index contributed by atoms with van der Waals surface area (Å²) in [5.74, 6) is 0.546. The molecule has 0 radical (unpaired) electrons. The number of anilines is 2. The number of pyridine rings is 1. The van der Waals surface area contributed by atoms with E-state index in [-0.39, 0.29) is 5.69 Å². The zero-order valence-electron chi connectivity index (χ0n) is 9.70. The van der Waals surface area contributed by atoms with Crippen molar-refractivity contribution in [2.45, 2.75) is 0 Å². The topological polar surface area (TPSA) is 96.7 Å². The van der Waals surface area contributed by atoms with Crippen LogP contribution in [-0.2, 0) is 0 Å². The van der Waals surface area contributed by atoms with Crippen LogP contribution < -0.4 is 5.32 Å². The fourth-order valence-corrected chi connectivity index (χ4v) is 1.73. The number of H-pyrrole nitrogens is 1. The van der Waals surface area contributed by atoms with Gasteiger partial charge >= 0.3 is 0 Å². The first-order valence-electron chi connectivity index (χ1n) is 5.53. The Morgan fingerprint density at radius 1 is 1.21 bits per heavy atom. The van der Waals surface area contributed by atoms with E-state index in [1.807, 2.05) is 18.2 Å². The Bertz CT molecular complexity index is 735. The number of nitrogens with zero attached hydrogens (tertiary/aromatic N) is 3. The van der Waals surface area contributed by atoms with Gasteiger partial charge in [-0.25, -0.2) is 4.98 Å². The lowest BCUT2D eigenvalue weighted by Gasteiger charge is -2.04. The van der Waals surface area contributed by atoms with E-state index in [4.69, 9.17) is 0 Å². The van der Waals surface area contributed by atoms with Crippen LogP contribution in [0.25, 0.3) is 10.9 Å². The monoisotopic (exact) mass is 255 g/mol. The molecule has 19 heavy (non-hydrogen) atoms. The van der Waals surface area contributed by atoms with Crippen LogP contribution in [0.2, 0.25) is 0 Å². The molecule has 0 unspecified atom stereocenters. The summed E-state index contributed by atoms with van der Waals surface area (Å²) in [6.45, 7) is 0. The van der Waals surface area contributed by atoms with Gasteiger partial charge in [-0.1, -0.05) is 0 Å². The Morgan fingerprint density at radius 2 is 2.11 bits per heavy atom. The highest BCUT2D eigenvalue weighted by atomic mass is 16.6. The summed E-state index contributed by atoms with van der Waals surface area (Å²) >= 11 is 0. The molecule has 0 saturated carbocycles. The second kappa shape index (κ2) is 4.37. The van der Waals surface area contributed by atoms with E-state index in [1.54, 1.807) is 12.3 Å². The Balaban J connectivity index is 1.85. The van der Waals surface area contributed by atoms with Crippen LogP contribution in [0.15, 0.2) is 42.7 Å². The fraction of sp³-hybridized carbons (Fsp3) is 0. The molecule has 0 amide bonds. The number of rotatable bonds is 3. The standard InChI is InChI=1S/C12H9N5O2/c18-17(19)10-3-4-12(13-7-10)15-9-2-1-8-6-14-16-11(8)5-9/h1-7H,(H,13,15)(H,14,16). The maximum atomic E-state index is 10.5. The lowest BCUT2D eigenvalue weighted by molar-refractivity contribution is -0.385. The van der Waals surface area contributed by atoms with Crippen LogP contribution in [0.1, 0.15) is 0 Å². The van der Waals surface area contributed by atoms with E-state index in [2.05, 4.69) is 20.5 Å². The predicted molar refractivity (Wildman–Crippen MR) is 70.3 cm³/mol. The number of fused-ring (bicyclic) bond motifs is 1. The van der Waals surface area contributed by atoms with E-state index >= 15 is 0 Å². The SMILES string of the molecule is O=[N+]([O-])c1ccc(Nc2ccc3cn[nH]c3c2)nc1. The number of hydrogen-bond donors (Lipinski definition) is 2. The molecule has 7 nitrogen and oxygen atoms in total. The van der Waals surface area contributed by atoms with Crippen LogP contribution in [0.3, 0.4) is 0 Å². The van der Waals surface area contributed by atoms with Gasteiger partial charge in [0.1, 0.15) is 12.0 Å². The summed E-state index contributed by atoms with van der Waals surface area (Å²) in [6.07, 6.45) is 2.96. The molecule has 0 aliphatic carbocycles. The first-order valence-corrected chi connectivity index (χ1v) is 5.53. The van der Waals surface area contributed by atoms with Gasteiger partial charge in [0.2, 0.25) is 0 Å². The summed E-state index contributed by atoms with van der Waals surface area (Å²) < 4.78 is 0. The summed E-state index contributed by atoms with van der Waals surface area (Å²) in [4.78, 5) is 14.0. The van der Waals surface area contributed by atoms with Crippen LogP contribution in [0.5, 0.6) is 0 Å². The van der Waals surface area contributed by atoms with E-state index in [9.17, 15) is 10.1 Å². The number of benzene rings is 1.